The Kier molecular flexibility index (Phi) is 4.97. The number of rotatable bonds is 5. The molecule has 0 radical (unpaired) electrons. The molecule has 6 heteroatoms. The minimum absolute atomic E-state index is 0.738. The van der Waals surface area contributed by atoms with Crippen LogP contribution in [0.1, 0.15) is 43.4 Å². The molecule has 0 amide bonds. The van der Waals surface area contributed by atoms with Gasteiger partial charge < -0.3 is 5.32 Å². The summed E-state index contributed by atoms with van der Waals surface area (Å²) in [7, 11) is 0. The van der Waals surface area contributed by atoms with E-state index in [2.05, 4.69) is 37.4 Å². The fourth-order valence-electron chi connectivity index (χ4n) is 3.60. The van der Waals surface area contributed by atoms with Crippen LogP contribution < -0.4 is 5.32 Å². The lowest BCUT2D eigenvalue weighted by Gasteiger charge is -2.21. The number of pyridine rings is 1. The van der Waals surface area contributed by atoms with Gasteiger partial charge in [-0.3, -0.25) is 4.98 Å². The Morgan fingerprint density at radius 3 is 2.76 bits per heavy atom. The Morgan fingerprint density at radius 2 is 1.96 bits per heavy atom. The maximum atomic E-state index is 4.85. The van der Waals surface area contributed by atoms with Crippen molar-refractivity contribution in [2.75, 3.05) is 5.32 Å². The first-order valence-electron chi connectivity index (χ1n) is 8.95. The zero-order valence-corrected chi connectivity index (χ0v) is 15.7. The van der Waals surface area contributed by atoms with E-state index in [9.17, 15) is 0 Å². The second kappa shape index (κ2) is 7.52. The second-order valence-corrected chi connectivity index (χ2v) is 7.63. The molecule has 0 atom stereocenters. The molecule has 1 aliphatic carbocycles. The molecule has 1 saturated carbocycles. The van der Waals surface area contributed by atoms with Crippen molar-refractivity contribution in [1.29, 1.82) is 0 Å². The van der Waals surface area contributed by atoms with Gasteiger partial charge in [0.25, 0.3) is 0 Å². The number of hydrogen-bond acceptors (Lipinski definition) is 4. The average molecular weight is 400 g/mol. The zero-order chi connectivity index (χ0) is 17.1. The molecule has 0 aromatic carbocycles. The van der Waals surface area contributed by atoms with E-state index < -0.39 is 0 Å². The van der Waals surface area contributed by atoms with Gasteiger partial charge in [-0.05, 0) is 46.0 Å². The first-order chi connectivity index (χ1) is 12.3. The fraction of sp³-hybridized carbons (Fsp3) is 0.421. The quantitative estimate of drug-likeness (QED) is 0.679. The summed E-state index contributed by atoms with van der Waals surface area (Å²) in [4.78, 5) is 8.92. The Bertz CT molecular complexity index is 840. The highest BCUT2D eigenvalue weighted by Gasteiger charge is 2.17. The van der Waals surface area contributed by atoms with Crippen LogP contribution in [0.25, 0.3) is 5.65 Å². The van der Waals surface area contributed by atoms with Crippen LogP contribution >= 0.6 is 15.9 Å². The fourth-order valence-corrected chi connectivity index (χ4v) is 3.95. The number of nitrogens with zero attached hydrogens (tertiary/aromatic N) is 4. The summed E-state index contributed by atoms with van der Waals surface area (Å²) < 4.78 is 2.81. The van der Waals surface area contributed by atoms with Gasteiger partial charge in [-0.1, -0.05) is 32.1 Å². The first-order valence-corrected chi connectivity index (χ1v) is 9.75. The van der Waals surface area contributed by atoms with Gasteiger partial charge in [-0.15, -0.1) is 0 Å². The standard InChI is InChI=1S/C19H22BrN5/c20-17-13-23-25-18(22-12-15-6-8-21-9-7-15)11-16(24-19(17)25)10-14-4-2-1-3-5-14/h6-9,11,13-14,22H,1-5,10,12H2. The third-order valence-electron chi connectivity index (χ3n) is 4.93. The number of halogens is 1. The van der Waals surface area contributed by atoms with Gasteiger partial charge in [0.1, 0.15) is 5.82 Å². The molecule has 1 N–H and O–H groups in total. The van der Waals surface area contributed by atoms with Crippen LogP contribution in [-0.4, -0.2) is 19.6 Å². The molecular formula is C19H22BrN5. The highest BCUT2D eigenvalue weighted by atomic mass is 79.9. The normalized spacial score (nSPS) is 15.6. The molecule has 3 aromatic heterocycles. The second-order valence-electron chi connectivity index (χ2n) is 6.78. The maximum Gasteiger partial charge on any atom is 0.171 e. The van der Waals surface area contributed by atoms with Crippen LogP contribution in [0.2, 0.25) is 0 Å². The van der Waals surface area contributed by atoms with Crippen molar-refractivity contribution >= 4 is 27.4 Å². The molecule has 0 saturated heterocycles. The van der Waals surface area contributed by atoms with Gasteiger partial charge >= 0.3 is 0 Å². The predicted octanol–water partition coefficient (Wildman–Crippen LogP) is 4.62. The lowest BCUT2D eigenvalue weighted by Crippen LogP contribution is -2.12. The molecule has 3 aromatic rings. The van der Waals surface area contributed by atoms with Crippen LogP contribution in [0.3, 0.4) is 0 Å². The first kappa shape index (κ1) is 16.5. The molecule has 3 heterocycles. The molecule has 130 valence electrons. The van der Waals surface area contributed by atoms with Crippen molar-refractivity contribution < 1.29 is 0 Å². The number of nitrogens with one attached hydrogen (secondary N) is 1. The zero-order valence-electron chi connectivity index (χ0n) is 14.2. The number of anilines is 1. The van der Waals surface area contributed by atoms with Gasteiger partial charge in [-0.2, -0.15) is 9.61 Å². The Hall–Kier alpha value is -1.95. The van der Waals surface area contributed by atoms with Crippen molar-refractivity contribution in [3.05, 3.63) is 52.5 Å². The van der Waals surface area contributed by atoms with Crippen LogP contribution in [0, 0.1) is 5.92 Å². The number of hydrogen-bond donors (Lipinski definition) is 1. The van der Waals surface area contributed by atoms with E-state index >= 15 is 0 Å². The summed E-state index contributed by atoms with van der Waals surface area (Å²) in [5.74, 6) is 1.75. The third-order valence-corrected chi connectivity index (χ3v) is 5.49. The molecule has 0 spiro atoms. The number of fused-ring (bicyclic) bond motifs is 1. The lowest BCUT2D eigenvalue weighted by atomic mass is 9.86. The SMILES string of the molecule is Brc1cnn2c(NCc3ccncc3)cc(CC3CCCCC3)nc12. The van der Waals surface area contributed by atoms with Crippen LogP contribution in [0.4, 0.5) is 5.82 Å². The van der Waals surface area contributed by atoms with E-state index in [1.54, 1.807) is 0 Å². The van der Waals surface area contributed by atoms with Crippen molar-refractivity contribution in [2.45, 2.75) is 45.1 Å². The summed E-state index contributed by atoms with van der Waals surface area (Å²) in [5.41, 5.74) is 3.23. The van der Waals surface area contributed by atoms with Crippen molar-refractivity contribution in [3.8, 4) is 0 Å². The molecule has 0 bridgehead atoms. The maximum absolute atomic E-state index is 4.85. The smallest absolute Gasteiger partial charge is 0.171 e. The molecule has 0 unspecified atom stereocenters. The Morgan fingerprint density at radius 1 is 1.16 bits per heavy atom. The highest BCUT2D eigenvalue weighted by Crippen LogP contribution is 2.28. The van der Waals surface area contributed by atoms with Gasteiger partial charge in [-0.25, -0.2) is 4.98 Å². The lowest BCUT2D eigenvalue weighted by molar-refractivity contribution is 0.354. The van der Waals surface area contributed by atoms with Crippen molar-refractivity contribution in [2.24, 2.45) is 5.92 Å². The topological polar surface area (TPSA) is 55.1 Å². The van der Waals surface area contributed by atoms with Gasteiger partial charge in [0, 0.05) is 30.7 Å². The van der Waals surface area contributed by atoms with E-state index in [0.29, 0.717) is 0 Å². The summed E-state index contributed by atoms with van der Waals surface area (Å²) >= 11 is 3.57. The van der Waals surface area contributed by atoms with E-state index in [-0.39, 0.29) is 0 Å². The molecule has 25 heavy (non-hydrogen) atoms. The highest BCUT2D eigenvalue weighted by molar-refractivity contribution is 9.10. The van der Waals surface area contributed by atoms with E-state index in [4.69, 9.17) is 4.98 Å². The predicted molar refractivity (Wildman–Crippen MR) is 103 cm³/mol. The Labute approximate surface area is 156 Å². The minimum atomic E-state index is 0.738. The van der Waals surface area contributed by atoms with Gasteiger partial charge in [0.15, 0.2) is 5.65 Å². The van der Waals surface area contributed by atoms with E-state index in [1.165, 1.54) is 37.7 Å². The van der Waals surface area contributed by atoms with E-state index in [0.717, 1.165) is 40.5 Å². The van der Waals surface area contributed by atoms with Crippen LogP contribution in [-0.2, 0) is 13.0 Å². The largest absolute Gasteiger partial charge is 0.366 e. The molecule has 5 nitrogen and oxygen atoms in total. The number of aromatic nitrogens is 4. The van der Waals surface area contributed by atoms with Crippen molar-refractivity contribution in [3.63, 3.8) is 0 Å². The summed E-state index contributed by atoms with van der Waals surface area (Å²) in [6, 6.07) is 6.20. The minimum Gasteiger partial charge on any atom is -0.366 e. The van der Waals surface area contributed by atoms with Gasteiger partial charge in [0.05, 0.1) is 10.7 Å². The average Bonchev–Trinajstić information content (AvgIpc) is 3.03. The van der Waals surface area contributed by atoms with E-state index in [1.807, 2.05) is 35.2 Å². The molecular weight excluding hydrogens is 378 g/mol. The summed E-state index contributed by atoms with van der Waals surface area (Å²) in [6.07, 6.45) is 13.3. The van der Waals surface area contributed by atoms with Crippen LogP contribution in [0.15, 0.2) is 41.3 Å². The summed E-state index contributed by atoms with van der Waals surface area (Å²) in [6.45, 7) is 0.738. The Balaban J connectivity index is 1.59. The van der Waals surface area contributed by atoms with Crippen molar-refractivity contribution in [1.82, 2.24) is 19.6 Å². The molecule has 1 aliphatic rings. The molecule has 4 rings (SSSR count). The summed E-state index contributed by atoms with van der Waals surface area (Å²) in [5, 5.41) is 7.96. The molecule has 1 fully saturated rings. The molecule has 0 aliphatic heterocycles. The monoisotopic (exact) mass is 399 g/mol. The van der Waals surface area contributed by atoms with Crippen LogP contribution in [0.5, 0.6) is 0 Å². The third kappa shape index (κ3) is 3.84. The van der Waals surface area contributed by atoms with Gasteiger partial charge in [0.2, 0.25) is 0 Å².